The number of alkyl halides is 2. The number of rotatable bonds is 7. The molecule has 0 aliphatic rings. The van der Waals surface area contributed by atoms with E-state index in [1.54, 1.807) is 36.4 Å². The molecule has 5 aromatic rings. The Morgan fingerprint density at radius 1 is 0.886 bits per heavy atom. The van der Waals surface area contributed by atoms with E-state index in [0.717, 1.165) is 5.56 Å². The van der Waals surface area contributed by atoms with Gasteiger partial charge >= 0.3 is 12.1 Å². The SMILES string of the molecule is O=c1c2ccccc2n(Cc2ccc(-c3nnc(C(F)F)o3)cn2)c(=O)n1CCc1ccccc1. The fraction of sp³-hybridized carbons (Fsp3) is 0.160. The smallest absolute Gasteiger partial charge is 0.331 e. The Bertz CT molecular complexity index is 1590. The predicted molar refractivity (Wildman–Crippen MR) is 124 cm³/mol. The summed E-state index contributed by atoms with van der Waals surface area (Å²) in [6.45, 7) is 0.347. The summed E-state index contributed by atoms with van der Waals surface area (Å²) in [5, 5.41) is 7.36. The van der Waals surface area contributed by atoms with E-state index in [2.05, 4.69) is 15.2 Å². The highest BCUT2D eigenvalue weighted by molar-refractivity contribution is 5.77. The van der Waals surface area contributed by atoms with Crippen LogP contribution < -0.4 is 11.2 Å². The monoisotopic (exact) mass is 475 g/mol. The minimum absolute atomic E-state index is 0.0728. The maximum absolute atomic E-state index is 13.4. The molecule has 2 aromatic carbocycles. The summed E-state index contributed by atoms with van der Waals surface area (Å²) in [4.78, 5) is 30.8. The molecule has 0 amide bonds. The van der Waals surface area contributed by atoms with E-state index in [4.69, 9.17) is 4.42 Å². The van der Waals surface area contributed by atoms with Crippen molar-refractivity contribution in [3.63, 3.8) is 0 Å². The molecule has 10 heteroatoms. The fourth-order valence-corrected chi connectivity index (χ4v) is 3.85. The number of hydrogen-bond acceptors (Lipinski definition) is 6. The number of para-hydroxylation sites is 1. The predicted octanol–water partition coefficient (Wildman–Crippen LogP) is 3.84. The lowest BCUT2D eigenvalue weighted by Gasteiger charge is -2.14. The quantitative estimate of drug-likeness (QED) is 0.355. The van der Waals surface area contributed by atoms with E-state index in [1.807, 2.05) is 30.3 Å². The lowest BCUT2D eigenvalue weighted by atomic mass is 10.1. The highest BCUT2D eigenvalue weighted by Crippen LogP contribution is 2.23. The topological polar surface area (TPSA) is 95.8 Å². The number of hydrogen-bond donors (Lipinski definition) is 0. The minimum Gasteiger partial charge on any atom is -0.415 e. The molecule has 0 radical (unpaired) electrons. The van der Waals surface area contributed by atoms with Gasteiger partial charge in [0.1, 0.15) is 0 Å². The molecule has 0 spiro atoms. The van der Waals surface area contributed by atoms with Gasteiger partial charge in [0.25, 0.3) is 11.4 Å². The zero-order chi connectivity index (χ0) is 24.4. The highest BCUT2D eigenvalue weighted by Gasteiger charge is 2.18. The van der Waals surface area contributed by atoms with Gasteiger partial charge in [0.05, 0.1) is 28.7 Å². The van der Waals surface area contributed by atoms with E-state index < -0.39 is 18.0 Å². The standard InChI is InChI=1S/C25H19F2N5O3/c26-21(27)23-30-29-22(35-23)17-10-11-18(28-14-17)15-32-20-9-5-4-8-19(20)24(33)31(25(32)34)13-12-16-6-2-1-3-7-16/h1-11,14,21H,12-13,15H2. The van der Waals surface area contributed by atoms with Crippen LogP contribution in [0.3, 0.4) is 0 Å². The van der Waals surface area contributed by atoms with E-state index in [1.165, 1.54) is 15.3 Å². The number of nitrogens with zero attached hydrogens (tertiary/aromatic N) is 5. The molecular formula is C25H19F2N5O3. The summed E-state index contributed by atoms with van der Waals surface area (Å²) in [5.74, 6) is -0.837. The van der Waals surface area contributed by atoms with Gasteiger partial charge in [-0.1, -0.05) is 42.5 Å². The second kappa shape index (κ2) is 9.41. The molecule has 0 saturated carbocycles. The van der Waals surface area contributed by atoms with Crippen molar-refractivity contribution in [1.82, 2.24) is 24.3 Å². The lowest BCUT2D eigenvalue weighted by Crippen LogP contribution is -2.40. The normalized spacial score (nSPS) is 11.4. The third-order valence-electron chi connectivity index (χ3n) is 5.62. The molecule has 0 fully saturated rings. The molecule has 0 saturated heterocycles. The number of halogens is 2. The molecule has 0 N–H and O–H groups in total. The largest absolute Gasteiger partial charge is 0.415 e. The van der Waals surface area contributed by atoms with Crippen LogP contribution in [0, 0.1) is 0 Å². The molecule has 0 bridgehead atoms. The van der Waals surface area contributed by atoms with Crippen molar-refractivity contribution in [2.45, 2.75) is 25.9 Å². The summed E-state index contributed by atoms with van der Waals surface area (Å²) < 4.78 is 33.1. The number of aromatic nitrogens is 5. The first kappa shape index (κ1) is 22.3. The van der Waals surface area contributed by atoms with Crippen molar-refractivity contribution in [1.29, 1.82) is 0 Å². The van der Waals surface area contributed by atoms with Crippen LogP contribution in [0.4, 0.5) is 8.78 Å². The maximum Gasteiger partial charge on any atom is 0.331 e. The molecule has 0 atom stereocenters. The van der Waals surface area contributed by atoms with Crippen molar-refractivity contribution in [3.8, 4) is 11.5 Å². The van der Waals surface area contributed by atoms with Crippen molar-refractivity contribution >= 4 is 10.9 Å². The molecule has 8 nitrogen and oxygen atoms in total. The molecule has 0 aliphatic heterocycles. The summed E-state index contributed by atoms with van der Waals surface area (Å²) in [6.07, 6.45) is -0.913. The van der Waals surface area contributed by atoms with Crippen LogP contribution in [-0.4, -0.2) is 24.3 Å². The van der Waals surface area contributed by atoms with E-state index in [9.17, 15) is 18.4 Å². The molecule has 35 heavy (non-hydrogen) atoms. The second-order valence-corrected chi connectivity index (χ2v) is 7.86. The third-order valence-corrected chi connectivity index (χ3v) is 5.62. The number of benzene rings is 2. The molecule has 176 valence electrons. The van der Waals surface area contributed by atoms with Crippen molar-refractivity contribution in [2.75, 3.05) is 0 Å². The molecule has 0 unspecified atom stereocenters. The Balaban J connectivity index is 1.48. The molecule has 3 aromatic heterocycles. The maximum atomic E-state index is 13.4. The molecule has 0 aliphatic carbocycles. The van der Waals surface area contributed by atoms with Gasteiger partial charge in [0.2, 0.25) is 5.89 Å². The van der Waals surface area contributed by atoms with Crippen LogP contribution in [0.2, 0.25) is 0 Å². The second-order valence-electron chi connectivity index (χ2n) is 7.86. The Labute approximate surface area is 197 Å². The Hall–Kier alpha value is -4.47. The van der Waals surface area contributed by atoms with E-state index in [0.29, 0.717) is 28.6 Å². The summed E-state index contributed by atoms with van der Waals surface area (Å²) in [6, 6.07) is 19.8. The van der Waals surface area contributed by atoms with Gasteiger partial charge in [-0.25, -0.2) is 4.79 Å². The van der Waals surface area contributed by atoms with Gasteiger partial charge < -0.3 is 4.42 Å². The van der Waals surface area contributed by atoms with Crippen LogP contribution in [-0.2, 0) is 19.5 Å². The van der Waals surface area contributed by atoms with Gasteiger partial charge in [0, 0.05) is 12.7 Å². The zero-order valence-corrected chi connectivity index (χ0v) is 18.3. The minimum atomic E-state index is -2.86. The average molecular weight is 475 g/mol. The zero-order valence-electron chi connectivity index (χ0n) is 18.3. The van der Waals surface area contributed by atoms with Crippen molar-refractivity contribution < 1.29 is 13.2 Å². The highest BCUT2D eigenvalue weighted by atomic mass is 19.3. The summed E-state index contributed by atoms with van der Waals surface area (Å²) in [5.41, 5.74) is 1.65. The summed E-state index contributed by atoms with van der Waals surface area (Å²) in [7, 11) is 0. The molecular weight excluding hydrogens is 456 g/mol. The van der Waals surface area contributed by atoms with Gasteiger partial charge in [-0.2, -0.15) is 8.78 Å². The third kappa shape index (κ3) is 4.50. The number of aryl methyl sites for hydroxylation is 1. The van der Waals surface area contributed by atoms with E-state index >= 15 is 0 Å². The molecule has 3 heterocycles. The first-order valence-corrected chi connectivity index (χ1v) is 10.8. The van der Waals surface area contributed by atoms with Gasteiger partial charge in [-0.3, -0.25) is 18.9 Å². The fourth-order valence-electron chi connectivity index (χ4n) is 3.85. The summed E-state index contributed by atoms with van der Waals surface area (Å²) >= 11 is 0. The van der Waals surface area contributed by atoms with Gasteiger partial charge in [0.15, 0.2) is 0 Å². The van der Waals surface area contributed by atoms with Gasteiger partial charge in [-0.05, 0) is 36.2 Å². The van der Waals surface area contributed by atoms with Crippen LogP contribution in [0.5, 0.6) is 0 Å². The number of pyridine rings is 1. The Kier molecular flexibility index (Phi) is 6.01. The number of fused-ring (bicyclic) bond motifs is 1. The van der Waals surface area contributed by atoms with Gasteiger partial charge in [-0.15, -0.1) is 10.2 Å². The average Bonchev–Trinajstić information content (AvgIpc) is 3.38. The lowest BCUT2D eigenvalue weighted by molar-refractivity contribution is 0.116. The van der Waals surface area contributed by atoms with Crippen LogP contribution in [0.15, 0.2) is 86.9 Å². The first-order chi connectivity index (χ1) is 17.0. The van der Waals surface area contributed by atoms with Crippen LogP contribution >= 0.6 is 0 Å². The first-order valence-electron chi connectivity index (χ1n) is 10.8. The Morgan fingerprint density at radius 2 is 1.66 bits per heavy atom. The van der Waals surface area contributed by atoms with Crippen molar-refractivity contribution in [2.24, 2.45) is 0 Å². The molecule has 5 rings (SSSR count). The van der Waals surface area contributed by atoms with Crippen molar-refractivity contribution in [3.05, 3.63) is 111 Å². The van der Waals surface area contributed by atoms with Crippen LogP contribution in [0.25, 0.3) is 22.4 Å². The van der Waals surface area contributed by atoms with Crippen LogP contribution in [0.1, 0.15) is 23.6 Å². The Morgan fingerprint density at radius 3 is 2.37 bits per heavy atom. The van der Waals surface area contributed by atoms with E-state index in [-0.39, 0.29) is 24.5 Å².